The summed E-state index contributed by atoms with van der Waals surface area (Å²) >= 11 is 1.29. The zero-order valence-electron chi connectivity index (χ0n) is 14.7. The molecule has 1 amide bonds. The van der Waals surface area contributed by atoms with E-state index in [1.165, 1.54) is 23.5 Å². The Balaban J connectivity index is 1.66. The smallest absolute Gasteiger partial charge is 0.266 e. The summed E-state index contributed by atoms with van der Waals surface area (Å²) in [6.45, 7) is 1.67. The Morgan fingerprint density at radius 3 is 2.41 bits per heavy atom. The van der Waals surface area contributed by atoms with Crippen molar-refractivity contribution >= 4 is 32.2 Å². The van der Waals surface area contributed by atoms with E-state index in [9.17, 15) is 13.2 Å². The summed E-state index contributed by atoms with van der Waals surface area (Å²) in [7, 11) is -3.24. The summed E-state index contributed by atoms with van der Waals surface area (Å²) in [5.41, 5.74) is 1.43. The molecule has 3 aromatic rings. The molecule has 0 aliphatic heterocycles. The molecule has 0 spiro atoms. The molecule has 2 aromatic carbocycles. The SMILES string of the molecule is C[C@@H](Oc1ccccc1)C(=O)Nc1nc(-c2ccc(S(C)(=O)=O)cc2)cs1. The van der Waals surface area contributed by atoms with E-state index in [4.69, 9.17) is 4.74 Å². The Hall–Kier alpha value is -2.71. The number of hydrogen-bond acceptors (Lipinski definition) is 6. The van der Waals surface area contributed by atoms with Gasteiger partial charge in [0.15, 0.2) is 21.1 Å². The molecular formula is C19H18N2O4S2. The minimum Gasteiger partial charge on any atom is -0.481 e. The van der Waals surface area contributed by atoms with Gasteiger partial charge in [-0.3, -0.25) is 10.1 Å². The van der Waals surface area contributed by atoms with Crippen LogP contribution in [0.25, 0.3) is 11.3 Å². The molecule has 3 rings (SSSR count). The Kier molecular flexibility index (Phi) is 5.57. The molecule has 8 heteroatoms. The quantitative estimate of drug-likeness (QED) is 0.681. The second-order valence-electron chi connectivity index (χ2n) is 5.90. The first-order chi connectivity index (χ1) is 12.8. The predicted octanol–water partition coefficient (Wildman–Crippen LogP) is 3.62. The number of hydrogen-bond donors (Lipinski definition) is 1. The third kappa shape index (κ3) is 4.93. The van der Waals surface area contributed by atoms with Gasteiger partial charge in [-0.05, 0) is 31.2 Å². The lowest BCUT2D eigenvalue weighted by Crippen LogP contribution is -2.30. The van der Waals surface area contributed by atoms with Crippen molar-refractivity contribution in [2.45, 2.75) is 17.9 Å². The first-order valence-corrected chi connectivity index (χ1v) is 10.9. The van der Waals surface area contributed by atoms with E-state index in [0.29, 0.717) is 16.6 Å². The lowest BCUT2D eigenvalue weighted by molar-refractivity contribution is -0.122. The van der Waals surface area contributed by atoms with Crippen LogP contribution in [0.3, 0.4) is 0 Å². The average molecular weight is 402 g/mol. The number of benzene rings is 2. The monoisotopic (exact) mass is 402 g/mol. The highest BCUT2D eigenvalue weighted by atomic mass is 32.2. The van der Waals surface area contributed by atoms with Crippen LogP contribution in [0.2, 0.25) is 0 Å². The van der Waals surface area contributed by atoms with Crippen molar-refractivity contribution in [3.8, 4) is 17.0 Å². The van der Waals surface area contributed by atoms with Gasteiger partial charge in [-0.15, -0.1) is 11.3 Å². The van der Waals surface area contributed by atoms with Gasteiger partial charge in [0, 0.05) is 17.2 Å². The van der Waals surface area contributed by atoms with Crippen LogP contribution in [0.5, 0.6) is 5.75 Å². The minimum atomic E-state index is -3.24. The molecule has 1 aromatic heterocycles. The fourth-order valence-electron chi connectivity index (χ4n) is 2.30. The topological polar surface area (TPSA) is 85.4 Å². The van der Waals surface area contributed by atoms with E-state index in [2.05, 4.69) is 10.3 Å². The van der Waals surface area contributed by atoms with Gasteiger partial charge in [-0.1, -0.05) is 30.3 Å². The molecule has 27 heavy (non-hydrogen) atoms. The number of thiazole rings is 1. The summed E-state index contributed by atoms with van der Waals surface area (Å²) in [5, 5.41) is 4.98. The number of sulfone groups is 1. The van der Waals surface area contributed by atoms with Gasteiger partial charge in [0.05, 0.1) is 10.6 Å². The van der Waals surface area contributed by atoms with E-state index < -0.39 is 15.9 Å². The fourth-order valence-corrected chi connectivity index (χ4v) is 3.65. The Labute approximate surface area is 161 Å². The van der Waals surface area contributed by atoms with E-state index in [0.717, 1.165) is 11.8 Å². The lowest BCUT2D eigenvalue weighted by atomic mass is 10.2. The number of anilines is 1. The summed E-state index contributed by atoms with van der Waals surface area (Å²) in [6, 6.07) is 15.6. The number of ether oxygens (including phenoxy) is 1. The van der Waals surface area contributed by atoms with Gasteiger partial charge in [-0.25, -0.2) is 13.4 Å². The second kappa shape index (κ2) is 7.89. The Bertz CT molecular complexity index is 1030. The maximum Gasteiger partial charge on any atom is 0.266 e. The molecule has 0 aliphatic carbocycles. The lowest BCUT2D eigenvalue weighted by Gasteiger charge is -2.13. The Morgan fingerprint density at radius 2 is 1.78 bits per heavy atom. The highest BCUT2D eigenvalue weighted by Gasteiger charge is 2.17. The molecule has 0 fully saturated rings. The van der Waals surface area contributed by atoms with Gasteiger partial charge in [0.25, 0.3) is 5.91 Å². The van der Waals surface area contributed by atoms with Crippen LogP contribution in [0.1, 0.15) is 6.92 Å². The number of nitrogens with zero attached hydrogens (tertiary/aromatic N) is 1. The van der Waals surface area contributed by atoms with Crippen LogP contribution >= 0.6 is 11.3 Å². The number of rotatable bonds is 6. The fraction of sp³-hybridized carbons (Fsp3) is 0.158. The van der Waals surface area contributed by atoms with Crippen LogP contribution in [0.4, 0.5) is 5.13 Å². The minimum absolute atomic E-state index is 0.252. The van der Waals surface area contributed by atoms with Crippen molar-refractivity contribution in [1.82, 2.24) is 4.98 Å². The molecule has 6 nitrogen and oxygen atoms in total. The molecule has 0 unspecified atom stereocenters. The summed E-state index contributed by atoms with van der Waals surface area (Å²) in [4.78, 5) is 16.9. The number of amides is 1. The van der Waals surface area contributed by atoms with Crippen LogP contribution < -0.4 is 10.1 Å². The van der Waals surface area contributed by atoms with E-state index in [1.807, 2.05) is 18.2 Å². The molecule has 0 radical (unpaired) electrons. The molecular weight excluding hydrogens is 384 g/mol. The Morgan fingerprint density at radius 1 is 1.11 bits per heavy atom. The van der Waals surface area contributed by atoms with E-state index in [1.54, 1.807) is 36.6 Å². The molecule has 0 saturated heterocycles. The summed E-state index contributed by atoms with van der Waals surface area (Å²) in [5.74, 6) is 0.318. The average Bonchev–Trinajstić information content (AvgIpc) is 3.10. The molecule has 140 valence electrons. The van der Waals surface area contributed by atoms with Crippen LogP contribution in [0, 0.1) is 0 Å². The van der Waals surface area contributed by atoms with E-state index >= 15 is 0 Å². The van der Waals surface area contributed by atoms with Crippen molar-refractivity contribution in [2.75, 3.05) is 11.6 Å². The molecule has 1 N–H and O–H groups in total. The first kappa shape index (κ1) is 19.1. The van der Waals surface area contributed by atoms with Crippen molar-refractivity contribution in [3.05, 3.63) is 60.0 Å². The normalized spacial score (nSPS) is 12.4. The molecule has 1 heterocycles. The number of aromatic nitrogens is 1. The number of carbonyl (C=O) groups excluding carboxylic acids is 1. The first-order valence-electron chi connectivity index (χ1n) is 8.11. The highest BCUT2D eigenvalue weighted by molar-refractivity contribution is 7.90. The zero-order valence-corrected chi connectivity index (χ0v) is 16.4. The van der Waals surface area contributed by atoms with E-state index in [-0.39, 0.29) is 10.8 Å². The third-order valence-electron chi connectivity index (χ3n) is 3.74. The number of para-hydroxylation sites is 1. The van der Waals surface area contributed by atoms with Crippen LogP contribution in [-0.4, -0.2) is 31.7 Å². The van der Waals surface area contributed by atoms with Crippen molar-refractivity contribution in [1.29, 1.82) is 0 Å². The van der Waals surface area contributed by atoms with Gasteiger partial charge in [0.2, 0.25) is 0 Å². The maximum atomic E-state index is 12.3. The number of carbonyl (C=O) groups is 1. The van der Waals surface area contributed by atoms with Crippen molar-refractivity contribution in [3.63, 3.8) is 0 Å². The summed E-state index contributed by atoms with van der Waals surface area (Å²) in [6.07, 6.45) is 0.491. The van der Waals surface area contributed by atoms with Gasteiger partial charge in [-0.2, -0.15) is 0 Å². The number of nitrogens with one attached hydrogen (secondary N) is 1. The highest BCUT2D eigenvalue weighted by Crippen LogP contribution is 2.26. The zero-order chi connectivity index (χ0) is 19.4. The van der Waals surface area contributed by atoms with Crippen LogP contribution in [-0.2, 0) is 14.6 Å². The predicted molar refractivity (Wildman–Crippen MR) is 106 cm³/mol. The maximum absolute atomic E-state index is 12.3. The standard InChI is InChI=1S/C19H18N2O4S2/c1-13(25-15-6-4-3-5-7-15)18(22)21-19-20-17(12-26-19)14-8-10-16(11-9-14)27(2,23)24/h3-13H,1-2H3,(H,20,21,22)/t13-/m1/s1. The van der Waals surface area contributed by atoms with Crippen LogP contribution in [0.15, 0.2) is 64.9 Å². The van der Waals surface area contributed by atoms with Gasteiger partial charge in [0.1, 0.15) is 5.75 Å². The molecule has 0 bridgehead atoms. The van der Waals surface area contributed by atoms with Gasteiger partial charge < -0.3 is 4.74 Å². The summed E-state index contributed by atoms with van der Waals surface area (Å²) < 4.78 is 28.6. The largest absolute Gasteiger partial charge is 0.481 e. The van der Waals surface area contributed by atoms with Gasteiger partial charge >= 0.3 is 0 Å². The van der Waals surface area contributed by atoms with Crippen molar-refractivity contribution in [2.24, 2.45) is 0 Å². The van der Waals surface area contributed by atoms with Crippen molar-refractivity contribution < 1.29 is 17.9 Å². The molecule has 0 saturated carbocycles. The molecule has 1 atom stereocenters. The molecule has 0 aliphatic rings. The third-order valence-corrected chi connectivity index (χ3v) is 5.62. The second-order valence-corrected chi connectivity index (χ2v) is 8.77.